The van der Waals surface area contributed by atoms with Crippen molar-refractivity contribution in [3.63, 3.8) is 0 Å². The van der Waals surface area contributed by atoms with Gasteiger partial charge in [-0.1, -0.05) is 6.07 Å². The van der Waals surface area contributed by atoms with Gasteiger partial charge in [0, 0.05) is 11.6 Å². The smallest absolute Gasteiger partial charge is 0.315 e. The van der Waals surface area contributed by atoms with Gasteiger partial charge in [0.2, 0.25) is 11.5 Å². The van der Waals surface area contributed by atoms with Gasteiger partial charge in [0.25, 0.3) is 5.69 Å². The van der Waals surface area contributed by atoms with Crippen molar-refractivity contribution in [2.75, 3.05) is 0 Å². The van der Waals surface area contributed by atoms with Crippen LogP contribution in [0.3, 0.4) is 0 Å². The van der Waals surface area contributed by atoms with Crippen molar-refractivity contribution in [2.24, 2.45) is 0 Å². The average molecular weight is 330 g/mol. The van der Waals surface area contributed by atoms with Gasteiger partial charge in [-0.25, -0.2) is 0 Å². The van der Waals surface area contributed by atoms with Crippen molar-refractivity contribution in [1.82, 2.24) is 0 Å². The number of nitro groups is 2. The number of ketones is 2. The first-order valence-corrected chi connectivity index (χ1v) is 6.35. The van der Waals surface area contributed by atoms with Gasteiger partial charge in [-0.05, 0) is 6.07 Å². The Balaban J connectivity index is 2.42. The van der Waals surface area contributed by atoms with Crippen molar-refractivity contribution in [2.45, 2.75) is 0 Å². The van der Waals surface area contributed by atoms with Gasteiger partial charge in [-0.2, -0.15) is 0 Å². The first-order valence-electron chi connectivity index (χ1n) is 6.35. The summed E-state index contributed by atoms with van der Waals surface area (Å²) in [7, 11) is 0. The molecule has 120 valence electrons. The average Bonchev–Trinajstić information content (AvgIpc) is 2.53. The zero-order valence-electron chi connectivity index (χ0n) is 11.5. The first-order chi connectivity index (χ1) is 11.3. The molecule has 2 N–H and O–H groups in total. The maximum Gasteiger partial charge on any atom is 0.315 e. The maximum atomic E-state index is 12.5. The third-order valence-electron chi connectivity index (χ3n) is 3.62. The summed E-state index contributed by atoms with van der Waals surface area (Å²) >= 11 is 0. The Morgan fingerprint density at radius 2 is 1.46 bits per heavy atom. The van der Waals surface area contributed by atoms with Gasteiger partial charge in [0.15, 0.2) is 5.78 Å². The standard InChI is InChI=1S/C14H6N2O8/c17-8-4-7(16(23)24)13(19)11-10(8)14(20)9-5(12(11)18)2-1-3-6(9)15(21)22/h1-4,17,19H. The Morgan fingerprint density at radius 1 is 0.833 bits per heavy atom. The quantitative estimate of drug-likeness (QED) is 0.407. The maximum absolute atomic E-state index is 12.5. The normalized spacial score (nSPS) is 12.5. The molecule has 10 heteroatoms. The number of phenolic OH excluding ortho intramolecular Hbond substituents is 2. The van der Waals surface area contributed by atoms with E-state index < -0.39 is 61.0 Å². The topological polar surface area (TPSA) is 161 Å². The molecular weight excluding hydrogens is 324 g/mol. The lowest BCUT2D eigenvalue weighted by molar-refractivity contribution is -0.386. The highest BCUT2D eigenvalue weighted by Gasteiger charge is 2.41. The van der Waals surface area contributed by atoms with Crippen LogP contribution >= 0.6 is 0 Å². The second-order valence-electron chi connectivity index (χ2n) is 4.89. The molecule has 1 aliphatic carbocycles. The van der Waals surface area contributed by atoms with Crippen LogP contribution in [0.4, 0.5) is 11.4 Å². The van der Waals surface area contributed by atoms with Crippen molar-refractivity contribution in [3.05, 3.63) is 66.7 Å². The lowest BCUT2D eigenvalue weighted by atomic mass is 9.82. The van der Waals surface area contributed by atoms with E-state index >= 15 is 0 Å². The number of carbonyl (C=O) groups is 2. The van der Waals surface area contributed by atoms with Crippen LogP contribution in [0.5, 0.6) is 11.5 Å². The van der Waals surface area contributed by atoms with E-state index in [9.17, 15) is 40.0 Å². The Kier molecular flexibility index (Phi) is 3.04. The molecule has 0 bridgehead atoms. The molecule has 0 aromatic heterocycles. The summed E-state index contributed by atoms with van der Waals surface area (Å²) in [5.74, 6) is -4.10. The van der Waals surface area contributed by atoms with E-state index in [-0.39, 0.29) is 5.56 Å². The minimum atomic E-state index is -1.08. The number of rotatable bonds is 2. The third kappa shape index (κ3) is 1.83. The van der Waals surface area contributed by atoms with Crippen molar-refractivity contribution in [3.8, 4) is 11.5 Å². The van der Waals surface area contributed by atoms with Crippen molar-refractivity contribution < 1.29 is 29.6 Å². The molecule has 0 fully saturated rings. The Morgan fingerprint density at radius 3 is 2.04 bits per heavy atom. The highest BCUT2D eigenvalue weighted by atomic mass is 16.6. The zero-order chi connectivity index (χ0) is 17.8. The number of hydrogen-bond donors (Lipinski definition) is 2. The molecule has 0 saturated heterocycles. The Labute approximate surface area is 131 Å². The highest BCUT2D eigenvalue weighted by Crippen LogP contribution is 2.44. The number of nitrogens with zero attached hydrogens (tertiary/aromatic N) is 2. The molecule has 0 spiro atoms. The Hall–Kier alpha value is -3.82. The summed E-state index contributed by atoms with van der Waals surface area (Å²) in [4.78, 5) is 45.1. The number of aromatic hydroxyl groups is 2. The highest BCUT2D eigenvalue weighted by molar-refractivity contribution is 6.31. The van der Waals surface area contributed by atoms with Gasteiger partial charge >= 0.3 is 5.69 Å². The predicted molar refractivity (Wildman–Crippen MR) is 76.4 cm³/mol. The molecule has 3 rings (SSSR count). The minimum absolute atomic E-state index is 0.378. The molecular formula is C14H6N2O8. The summed E-state index contributed by atoms with van der Waals surface area (Å²) in [5, 5.41) is 41.8. The second-order valence-corrected chi connectivity index (χ2v) is 4.89. The fraction of sp³-hybridized carbons (Fsp3) is 0. The van der Waals surface area contributed by atoms with Crippen LogP contribution in [0, 0.1) is 20.2 Å². The monoisotopic (exact) mass is 330 g/mol. The van der Waals surface area contributed by atoms with Crippen LogP contribution in [0.1, 0.15) is 31.8 Å². The number of benzene rings is 2. The van der Waals surface area contributed by atoms with Gasteiger partial charge in [-0.15, -0.1) is 0 Å². The molecule has 2 aromatic rings. The number of fused-ring (bicyclic) bond motifs is 2. The van der Waals surface area contributed by atoms with E-state index in [2.05, 4.69) is 0 Å². The molecule has 0 radical (unpaired) electrons. The van der Waals surface area contributed by atoms with Gasteiger partial charge in [0.05, 0.1) is 27.0 Å². The molecule has 0 heterocycles. The molecule has 24 heavy (non-hydrogen) atoms. The molecule has 0 aliphatic heterocycles. The van der Waals surface area contributed by atoms with Crippen LogP contribution in [-0.2, 0) is 0 Å². The molecule has 0 unspecified atom stereocenters. The molecule has 1 aliphatic rings. The summed E-state index contributed by atoms with van der Waals surface area (Å²) in [6, 6.07) is 3.82. The van der Waals surface area contributed by atoms with Crippen LogP contribution < -0.4 is 0 Å². The van der Waals surface area contributed by atoms with Crippen LogP contribution in [-0.4, -0.2) is 31.6 Å². The summed E-state index contributed by atoms with van der Waals surface area (Å²) in [6.07, 6.45) is 0. The number of carbonyl (C=O) groups excluding carboxylic acids is 2. The van der Waals surface area contributed by atoms with Crippen LogP contribution in [0.2, 0.25) is 0 Å². The van der Waals surface area contributed by atoms with Gasteiger partial charge in [0.1, 0.15) is 11.3 Å². The van der Waals surface area contributed by atoms with E-state index in [0.717, 1.165) is 12.1 Å². The molecule has 0 amide bonds. The fourth-order valence-corrected chi connectivity index (χ4v) is 2.61. The SMILES string of the molecule is O=C1c2c(cccc2[N+](=O)[O-])C(=O)c2c(O)c([N+](=O)[O-])cc(O)c21. The molecule has 0 atom stereocenters. The van der Waals surface area contributed by atoms with Gasteiger partial charge < -0.3 is 10.2 Å². The Bertz CT molecular complexity index is 979. The summed E-state index contributed by atoms with van der Waals surface area (Å²) < 4.78 is 0. The van der Waals surface area contributed by atoms with E-state index in [0.29, 0.717) is 6.07 Å². The number of phenols is 2. The predicted octanol–water partition coefficient (Wildman–Crippen LogP) is 1.69. The summed E-state index contributed by atoms with van der Waals surface area (Å²) in [5.41, 5.74) is -3.97. The van der Waals surface area contributed by atoms with E-state index in [1.54, 1.807) is 0 Å². The molecule has 0 saturated carbocycles. The van der Waals surface area contributed by atoms with E-state index in [1.165, 1.54) is 6.07 Å². The third-order valence-corrected chi connectivity index (χ3v) is 3.62. The van der Waals surface area contributed by atoms with Gasteiger partial charge in [-0.3, -0.25) is 29.8 Å². The van der Waals surface area contributed by atoms with Crippen LogP contribution in [0.25, 0.3) is 0 Å². The number of nitro benzene ring substituents is 2. The largest absolute Gasteiger partial charge is 0.507 e. The second kappa shape index (κ2) is 4.84. The van der Waals surface area contributed by atoms with Crippen molar-refractivity contribution >= 4 is 22.9 Å². The summed E-state index contributed by atoms with van der Waals surface area (Å²) in [6.45, 7) is 0. The number of hydrogen-bond acceptors (Lipinski definition) is 8. The fourth-order valence-electron chi connectivity index (χ4n) is 2.61. The minimum Gasteiger partial charge on any atom is -0.507 e. The van der Waals surface area contributed by atoms with E-state index in [4.69, 9.17) is 0 Å². The molecule has 10 nitrogen and oxygen atoms in total. The zero-order valence-corrected chi connectivity index (χ0v) is 11.5. The van der Waals surface area contributed by atoms with Crippen molar-refractivity contribution in [1.29, 1.82) is 0 Å². The lowest BCUT2D eigenvalue weighted by Crippen LogP contribution is -2.22. The van der Waals surface area contributed by atoms with E-state index in [1.807, 2.05) is 0 Å². The van der Waals surface area contributed by atoms with Crippen LogP contribution in [0.15, 0.2) is 24.3 Å². The molecule has 2 aromatic carbocycles. The first kappa shape index (κ1) is 15.1. The lowest BCUT2D eigenvalue weighted by Gasteiger charge is -2.18.